The third kappa shape index (κ3) is 2.64. The van der Waals surface area contributed by atoms with Crippen LogP contribution in [-0.2, 0) is 0 Å². The first kappa shape index (κ1) is 14.8. The molecule has 128 valence electrons. The lowest BCUT2D eigenvalue weighted by Gasteiger charge is -2.21. The van der Waals surface area contributed by atoms with Gasteiger partial charge in [-0.3, -0.25) is 0 Å². The Kier molecular flexibility index (Phi) is 3.40. The SMILES string of the molecule is Cc1nnc(N2CC3CN(c4cc(-n5cccn5)ncn4)CC3C2)s1. The summed E-state index contributed by atoms with van der Waals surface area (Å²) in [6.45, 7) is 6.15. The summed E-state index contributed by atoms with van der Waals surface area (Å²) < 4.78 is 1.77. The molecular weight excluding hydrogens is 336 g/mol. The van der Waals surface area contributed by atoms with Crippen LogP contribution in [0.2, 0.25) is 0 Å². The number of anilines is 2. The molecule has 0 saturated carbocycles. The molecule has 0 aromatic carbocycles. The van der Waals surface area contributed by atoms with Crippen LogP contribution in [0.5, 0.6) is 0 Å². The lowest BCUT2D eigenvalue weighted by molar-refractivity contribution is 0.533. The largest absolute Gasteiger partial charge is 0.356 e. The van der Waals surface area contributed by atoms with Crippen molar-refractivity contribution in [1.82, 2.24) is 29.9 Å². The Morgan fingerprint density at radius 1 is 1.00 bits per heavy atom. The highest BCUT2D eigenvalue weighted by Crippen LogP contribution is 2.36. The maximum atomic E-state index is 4.48. The molecule has 5 rings (SSSR count). The molecule has 3 aromatic rings. The van der Waals surface area contributed by atoms with E-state index in [1.807, 2.05) is 25.3 Å². The van der Waals surface area contributed by atoms with E-state index in [1.54, 1.807) is 28.5 Å². The third-order valence-electron chi connectivity index (χ3n) is 4.97. The fraction of sp³-hybridized carbons (Fsp3) is 0.438. The van der Waals surface area contributed by atoms with E-state index in [2.05, 4.69) is 35.1 Å². The molecule has 5 heterocycles. The zero-order valence-corrected chi connectivity index (χ0v) is 14.7. The third-order valence-corrected chi connectivity index (χ3v) is 5.87. The molecule has 25 heavy (non-hydrogen) atoms. The molecular formula is C16H18N8S. The average molecular weight is 354 g/mol. The van der Waals surface area contributed by atoms with Gasteiger partial charge in [-0.1, -0.05) is 11.3 Å². The maximum Gasteiger partial charge on any atom is 0.208 e. The highest BCUT2D eigenvalue weighted by Gasteiger charge is 2.41. The molecule has 2 fully saturated rings. The van der Waals surface area contributed by atoms with Crippen molar-refractivity contribution in [3.63, 3.8) is 0 Å². The molecule has 2 aliphatic heterocycles. The minimum Gasteiger partial charge on any atom is -0.356 e. The Bertz CT molecular complexity index is 862. The quantitative estimate of drug-likeness (QED) is 0.703. The fourth-order valence-corrected chi connectivity index (χ4v) is 4.50. The van der Waals surface area contributed by atoms with Crippen molar-refractivity contribution in [3.05, 3.63) is 35.9 Å². The van der Waals surface area contributed by atoms with Crippen LogP contribution in [0.25, 0.3) is 5.82 Å². The Balaban J connectivity index is 1.31. The molecule has 9 heteroatoms. The van der Waals surface area contributed by atoms with Crippen molar-refractivity contribution in [2.75, 3.05) is 36.0 Å². The molecule has 0 bridgehead atoms. The fourth-order valence-electron chi connectivity index (χ4n) is 3.79. The highest BCUT2D eigenvalue weighted by molar-refractivity contribution is 7.15. The molecule has 0 radical (unpaired) electrons. The van der Waals surface area contributed by atoms with E-state index in [9.17, 15) is 0 Å². The smallest absolute Gasteiger partial charge is 0.208 e. The van der Waals surface area contributed by atoms with E-state index < -0.39 is 0 Å². The van der Waals surface area contributed by atoms with Crippen molar-refractivity contribution < 1.29 is 0 Å². The Morgan fingerprint density at radius 2 is 1.76 bits per heavy atom. The lowest BCUT2D eigenvalue weighted by Crippen LogP contribution is -2.29. The zero-order chi connectivity index (χ0) is 16.8. The molecule has 0 spiro atoms. The number of aromatic nitrogens is 6. The number of hydrogen-bond donors (Lipinski definition) is 0. The predicted molar refractivity (Wildman–Crippen MR) is 95.2 cm³/mol. The number of hydrogen-bond acceptors (Lipinski definition) is 8. The van der Waals surface area contributed by atoms with E-state index in [4.69, 9.17) is 0 Å². The van der Waals surface area contributed by atoms with E-state index in [1.165, 1.54) is 0 Å². The molecule has 3 aromatic heterocycles. The summed E-state index contributed by atoms with van der Waals surface area (Å²) in [6.07, 6.45) is 5.27. The number of aryl methyl sites for hydroxylation is 1. The highest BCUT2D eigenvalue weighted by atomic mass is 32.1. The van der Waals surface area contributed by atoms with E-state index in [0.717, 1.165) is 48.0 Å². The van der Waals surface area contributed by atoms with Gasteiger partial charge in [0.1, 0.15) is 17.2 Å². The zero-order valence-electron chi connectivity index (χ0n) is 13.9. The standard InChI is InChI=1S/C16H18N8S/c1-11-20-21-16(25-11)23-8-12-6-22(7-13(12)9-23)14-5-15(18-10-17-14)24-4-2-3-19-24/h2-5,10,12-13H,6-9H2,1H3. The Labute approximate surface area is 149 Å². The van der Waals surface area contributed by atoms with E-state index >= 15 is 0 Å². The summed E-state index contributed by atoms with van der Waals surface area (Å²) in [5.74, 6) is 3.07. The van der Waals surface area contributed by atoms with Gasteiger partial charge >= 0.3 is 0 Å². The maximum absolute atomic E-state index is 4.48. The summed E-state index contributed by atoms with van der Waals surface area (Å²) in [5.41, 5.74) is 0. The van der Waals surface area contributed by atoms with Gasteiger partial charge < -0.3 is 9.80 Å². The molecule has 2 atom stereocenters. The van der Waals surface area contributed by atoms with Gasteiger partial charge in [0, 0.05) is 56.5 Å². The molecule has 0 N–H and O–H groups in total. The van der Waals surface area contributed by atoms with Gasteiger partial charge in [0.25, 0.3) is 0 Å². The number of nitrogens with zero attached hydrogens (tertiary/aromatic N) is 8. The summed E-state index contributed by atoms with van der Waals surface area (Å²) >= 11 is 1.68. The van der Waals surface area contributed by atoms with E-state index in [-0.39, 0.29) is 0 Å². The average Bonchev–Trinajstić information content (AvgIpc) is 3.38. The normalized spacial score (nSPS) is 22.6. The summed E-state index contributed by atoms with van der Waals surface area (Å²) in [7, 11) is 0. The molecule has 8 nitrogen and oxygen atoms in total. The van der Waals surface area contributed by atoms with Gasteiger partial charge in [-0.15, -0.1) is 10.2 Å². The minimum absolute atomic E-state index is 0.646. The van der Waals surface area contributed by atoms with Crippen molar-refractivity contribution in [1.29, 1.82) is 0 Å². The summed E-state index contributed by atoms with van der Waals surface area (Å²) in [5, 5.41) is 14.8. The molecule has 2 aliphatic rings. The van der Waals surface area contributed by atoms with Crippen LogP contribution in [-0.4, -0.2) is 56.1 Å². The predicted octanol–water partition coefficient (Wildman–Crippen LogP) is 1.39. The van der Waals surface area contributed by atoms with Crippen molar-refractivity contribution >= 4 is 22.3 Å². The lowest BCUT2D eigenvalue weighted by atomic mass is 10.0. The molecule has 0 amide bonds. The van der Waals surface area contributed by atoms with Gasteiger partial charge in [-0.05, 0) is 13.0 Å². The summed E-state index contributed by atoms with van der Waals surface area (Å²) in [6, 6.07) is 3.91. The Morgan fingerprint density at radius 3 is 2.44 bits per heavy atom. The van der Waals surface area contributed by atoms with Gasteiger partial charge in [0.05, 0.1) is 0 Å². The summed E-state index contributed by atoms with van der Waals surface area (Å²) in [4.78, 5) is 13.5. The topological polar surface area (TPSA) is 75.9 Å². The van der Waals surface area contributed by atoms with Gasteiger partial charge in [0.15, 0.2) is 5.82 Å². The molecule has 2 saturated heterocycles. The van der Waals surface area contributed by atoms with Crippen LogP contribution in [0, 0.1) is 18.8 Å². The second-order valence-corrected chi connectivity index (χ2v) is 7.78. The first-order valence-corrected chi connectivity index (χ1v) is 9.20. The monoisotopic (exact) mass is 354 g/mol. The second-order valence-electron chi connectivity index (χ2n) is 6.62. The number of fused-ring (bicyclic) bond motifs is 1. The molecule has 0 aliphatic carbocycles. The first-order valence-electron chi connectivity index (χ1n) is 8.38. The van der Waals surface area contributed by atoms with Gasteiger partial charge in [0.2, 0.25) is 5.13 Å². The first-order chi connectivity index (χ1) is 12.3. The van der Waals surface area contributed by atoms with Crippen molar-refractivity contribution in [2.24, 2.45) is 11.8 Å². The number of rotatable bonds is 3. The molecule has 2 unspecified atom stereocenters. The van der Waals surface area contributed by atoms with Crippen molar-refractivity contribution in [2.45, 2.75) is 6.92 Å². The minimum atomic E-state index is 0.646. The van der Waals surface area contributed by atoms with Crippen LogP contribution in [0.15, 0.2) is 30.9 Å². The van der Waals surface area contributed by atoms with Crippen LogP contribution in [0.3, 0.4) is 0 Å². The Hall–Kier alpha value is -2.55. The van der Waals surface area contributed by atoms with Crippen LogP contribution in [0.4, 0.5) is 10.9 Å². The second kappa shape index (κ2) is 5.76. The van der Waals surface area contributed by atoms with Crippen LogP contribution >= 0.6 is 11.3 Å². The van der Waals surface area contributed by atoms with Crippen LogP contribution in [0.1, 0.15) is 5.01 Å². The van der Waals surface area contributed by atoms with Gasteiger partial charge in [-0.25, -0.2) is 14.6 Å². The van der Waals surface area contributed by atoms with Crippen molar-refractivity contribution in [3.8, 4) is 5.82 Å². The van der Waals surface area contributed by atoms with Gasteiger partial charge in [-0.2, -0.15) is 5.10 Å². The van der Waals surface area contributed by atoms with Crippen LogP contribution < -0.4 is 9.80 Å². The van der Waals surface area contributed by atoms with E-state index in [0.29, 0.717) is 11.8 Å².